The number of benzene rings is 1. The van der Waals surface area contributed by atoms with Gasteiger partial charge >= 0.3 is 6.18 Å². The molecule has 0 atom stereocenters. The number of hydrogen-bond acceptors (Lipinski definition) is 6. The fraction of sp³-hybridized carbons (Fsp3) is 0.333. The van der Waals surface area contributed by atoms with Crippen LogP contribution in [0.3, 0.4) is 0 Å². The molecular formula is C18H17F3N6OS. The molecule has 29 heavy (non-hydrogen) atoms. The molecule has 1 saturated heterocycles. The highest BCUT2D eigenvalue weighted by molar-refractivity contribution is 7.08. The molecule has 4 rings (SSSR count). The van der Waals surface area contributed by atoms with Gasteiger partial charge in [-0.25, -0.2) is 0 Å². The number of carbonyl (C=O) groups excluding carboxylic acids is 1. The summed E-state index contributed by atoms with van der Waals surface area (Å²) in [6.07, 6.45) is -2.57. The number of hydrogen-bond donors (Lipinski definition) is 1. The minimum atomic E-state index is -4.49. The Bertz CT molecular complexity index is 995. The molecule has 0 spiro atoms. The van der Waals surface area contributed by atoms with Crippen LogP contribution >= 0.6 is 11.3 Å². The van der Waals surface area contributed by atoms with Gasteiger partial charge in [0.2, 0.25) is 11.7 Å². The van der Waals surface area contributed by atoms with E-state index in [0.717, 1.165) is 48.4 Å². The van der Waals surface area contributed by atoms with Crippen molar-refractivity contribution < 1.29 is 18.0 Å². The Balaban J connectivity index is 1.53. The highest BCUT2D eigenvalue weighted by Gasteiger charge is 2.32. The highest BCUT2D eigenvalue weighted by Crippen LogP contribution is 2.36. The number of nitrogens with zero attached hydrogens (tertiary/aromatic N) is 5. The zero-order chi connectivity index (χ0) is 20.4. The van der Waals surface area contributed by atoms with Crippen LogP contribution in [-0.2, 0) is 17.5 Å². The van der Waals surface area contributed by atoms with Crippen LogP contribution in [-0.4, -0.2) is 39.2 Å². The number of aromatic nitrogens is 4. The molecule has 0 saturated carbocycles. The molecule has 3 heterocycles. The number of rotatable bonds is 5. The van der Waals surface area contributed by atoms with Crippen LogP contribution in [0.4, 0.5) is 24.5 Å². The third-order valence-corrected chi connectivity index (χ3v) is 5.25. The number of tetrazole rings is 1. The number of thiophene rings is 1. The largest absolute Gasteiger partial charge is 0.416 e. The monoisotopic (exact) mass is 422 g/mol. The molecular weight excluding hydrogens is 405 g/mol. The molecule has 0 radical (unpaired) electrons. The van der Waals surface area contributed by atoms with Gasteiger partial charge in [-0.15, -0.1) is 10.2 Å². The Morgan fingerprint density at radius 2 is 2.00 bits per heavy atom. The molecule has 1 amide bonds. The molecule has 2 aromatic heterocycles. The number of anilines is 2. The van der Waals surface area contributed by atoms with Crippen molar-refractivity contribution in [3.05, 3.63) is 40.6 Å². The Labute approximate surface area is 168 Å². The SMILES string of the molecule is O=C(Cn1nnc(-c2ccsc2)n1)Nc1cc(C(F)(F)F)ccc1N1CCCC1. The number of carbonyl (C=O) groups is 1. The number of alkyl halides is 3. The molecule has 0 aliphatic carbocycles. The van der Waals surface area contributed by atoms with E-state index in [1.54, 1.807) is 0 Å². The van der Waals surface area contributed by atoms with Crippen LogP contribution in [0.5, 0.6) is 0 Å². The third kappa shape index (κ3) is 4.39. The van der Waals surface area contributed by atoms with E-state index < -0.39 is 17.6 Å². The lowest BCUT2D eigenvalue weighted by atomic mass is 10.1. The lowest BCUT2D eigenvalue weighted by molar-refractivity contribution is -0.137. The molecule has 1 aromatic carbocycles. The maximum absolute atomic E-state index is 13.1. The summed E-state index contributed by atoms with van der Waals surface area (Å²) < 4.78 is 39.4. The van der Waals surface area contributed by atoms with Crippen molar-refractivity contribution in [3.8, 4) is 11.4 Å². The summed E-state index contributed by atoms with van der Waals surface area (Å²) in [5, 5.41) is 18.2. The summed E-state index contributed by atoms with van der Waals surface area (Å²) in [6.45, 7) is 1.22. The van der Waals surface area contributed by atoms with E-state index in [9.17, 15) is 18.0 Å². The molecule has 11 heteroatoms. The summed E-state index contributed by atoms with van der Waals surface area (Å²) in [4.78, 5) is 15.6. The minimum absolute atomic E-state index is 0.130. The predicted octanol–water partition coefficient (Wildman–Crippen LogP) is 3.66. The second-order valence-electron chi connectivity index (χ2n) is 6.63. The lowest BCUT2D eigenvalue weighted by Crippen LogP contribution is -2.24. The first kappa shape index (κ1) is 19.4. The topological polar surface area (TPSA) is 75.9 Å². The Morgan fingerprint density at radius 1 is 1.21 bits per heavy atom. The summed E-state index contributed by atoms with van der Waals surface area (Å²) >= 11 is 1.48. The third-order valence-electron chi connectivity index (χ3n) is 4.56. The summed E-state index contributed by atoms with van der Waals surface area (Å²) in [6, 6.07) is 5.25. The van der Waals surface area contributed by atoms with Gasteiger partial charge in [0.25, 0.3) is 0 Å². The van der Waals surface area contributed by atoms with Crippen molar-refractivity contribution in [3.63, 3.8) is 0 Å². The molecule has 1 N–H and O–H groups in total. The van der Waals surface area contributed by atoms with Crippen molar-refractivity contribution in [2.24, 2.45) is 0 Å². The fourth-order valence-corrected chi connectivity index (χ4v) is 3.82. The number of nitrogens with one attached hydrogen (secondary N) is 1. The second-order valence-corrected chi connectivity index (χ2v) is 7.41. The smallest absolute Gasteiger partial charge is 0.370 e. The first-order chi connectivity index (χ1) is 13.9. The molecule has 152 valence electrons. The zero-order valence-electron chi connectivity index (χ0n) is 15.2. The molecule has 1 fully saturated rings. The minimum Gasteiger partial charge on any atom is -0.370 e. The number of halogens is 3. The Morgan fingerprint density at radius 3 is 2.69 bits per heavy atom. The van der Waals surface area contributed by atoms with Gasteiger partial charge in [-0.3, -0.25) is 4.79 Å². The van der Waals surface area contributed by atoms with Crippen molar-refractivity contribution in [2.45, 2.75) is 25.6 Å². The quantitative estimate of drug-likeness (QED) is 0.679. The van der Waals surface area contributed by atoms with Crippen molar-refractivity contribution in [1.82, 2.24) is 20.2 Å². The van der Waals surface area contributed by atoms with Crippen molar-refractivity contribution in [1.29, 1.82) is 0 Å². The normalized spacial score (nSPS) is 14.4. The molecule has 0 unspecified atom stereocenters. The van der Waals surface area contributed by atoms with E-state index in [1.165, 1.54) is 17.4 Å². The first-order valence-electron chi connectivity index (χ1n) is 8.96. The maximum atomic E-state index is 13.1. The van der Waals surface area contributed by atoms with Crippen molar-refractivity contribution >= 4 is 28.6 Å². The van der Waals surface area contributed by atoms with Gasteiger partial charge in [0.1, 0.15) is 6.54 Å². The molecule has 3 aromatic rings. The molecule has 1 aliphatic heterocycles. The van der Waals surface area contributed by atoms with Crippen LogP contribution in [0.1, 0.15) is 18.4 Å². The maximum Gasteiger partial charge on any atom is 0.416 e. The van der Waals surface area contributed by atoms with Gasteiger partial charge in [-0.05, 0) is 47.7 Å². The lowest BCUT2D eigenvalue weighted by Gasteiger charge is -2.22. The zero-order valence-corrected chi connectivity index (χ0v) is 16.0. The van der Waals surface area contributed by atoms with Crippen LogP contribution in [0.25, 0.3) is 11.4 Å². The van der Waals surface area contributed by atoms with E-state index in [0.29, 0.717) is 11.5 Å². The fourth-order valence-electron chi connectivity index (χ4n) is 3.18. The average molecular weight is 422 g/mol. The van der Waals surface area contributed by atoms with Crippen LogP contribution in [0.15, 0.2) is 35.0 Å². The molecule has 7 nitrogen and oxygen atoms in total. The van der Waals surface area contributed by atoms with E-state index in [1.807, 2.05) is 21.7 Å². The predicted molar refractivity (Wildman–Crippen MR) is 103 cm³/mol. The van der Waals surface area contributed by atoms with E-state index in [4.69, 9.17) is 0 Å². The first-order valence-corrected chi connectivity index (χ1v) is 9.91. The van der Waals surface area contributed by atoms with Crippen LogP contribution in [0, 0.1) is 0 Å². The van der Waals surface area contributed by atoms with E-state index >= 15 is 0 Å². The summed E-state index contributed by atoms with van der Waals surface area (Å²) in [5.41, 5.74) is 0.685. The Kier molecular flexibility index (Phi) is 5.22. The van der Waals surface area contributed by atoms with Gasteiger partial charge in [-0.1, -0.05) is 0 Å². The molecule has 0 bridgehead atoms. The standard InChI is InChI=1S/C18H17F3N6OS/c19-18(20,21)13-3-4-15(26-6-1-2-7-26)14(9-13)22-16(28)10-27-24-17(23-25-27)12-5-8-29-11-12/h3-5,8-9,11H,1-2,6-7,10H2,(H,22,28). The number of amides is 1. The second kappa shape index (κ2) is 7.82. The van der Waals surface area contributed by atoms with Crippen LogP contribution in [0.2, 0.25) is 0 Å². The summed E-state index contributed by atoms with van der Waals surface area (Å²) in [5.74, 6) is -0.144. The van der Waals surface area contributed by atoms with Gasteiger partial charge < -0.3 is 10.2 Å². The van der Waals surface area contributed by atoms with E-state index in [-0.39, 0.29) is 12.2 Å². The van der Waals surface area contributed by atoms with Gasteiger partial charge in [-0.2, -0.15) is 29.3 Å². The summed E-state index contributed by atoms with van der Waals surface area (Å²) in [7, 11) is 0. The highest BCUT2D eigenvalue weighted by atomic mass is 32.1. The van der Waals surface area contributed by atoms with Gasteiger partial charge in [0.15, 0.2) is 0 Å². The van der Waals surface area contributed by atoms with Crippen molar-refractivity contribution in [2.75, 3.05) is 23.3 Å². The average Bonchev–Trinajstić information content (AvgIpc) is 3.43. The Hall–Kier alpha value is -2.95. The van der Waals surface area contributed by atoms with Crippen LogP contribution < -0.4 is 10.2 Å². The van der Waals surface area contributed by atoms with E-state index in [2.05, 4.69) is 20.7 Å². The van der Waals surface area contributed by atoms with Gasteiger partial charge in [0, 0.05) is 24.0 Å². The molecule has 1 aliphatic rings. The van der Waals surface area contributed by atoms with Gasteiger partial charge in [0.05, 0.1) is 16.9 Å².